The maximum Gasteiger partial charge on any atom is 0.416 e. The standard InChI is InChI=1S/C24H22F7N3O3/c1-13(15-8-16(23(26,27)28)10-17(9-15)24(29,30)31)37-22-21(14-2-4-18(25)5-3-14)34(6-7-36-22)12-19-32-11-20(35)33-19/h2-5,8-10,13,21-22H,6-7,11-12H2,1H3,(H,32,33,35)/t13-,21+,22-/m1/s1. The first kappa shape index (κ1) is 27.0. The molecule has 1 amide bonds. The molecule has 0 aliphatic carbocycles. The minimum atomic E-state index is -5.00. The van der Waals surface area contributed by atoms with Crippen LogP contribution in [0.3, 0.4) is 0 Å². The Kier molecular flexibility index (Phi) is 7.58. The molecule has 37 heavy (non-hydrogen) atoms. The molecule has 2 heterocycles. The summed E-state index contributed by atoms with van der Waals surface area (Å²) in [5, 5.41) is 2.62. The molecule has 2 aliphatic heterocycles. The van der Waals surface area contributed by atoms with Crippen molar-refractivity contribution in [2.45, 2.75) is 37.7 Å². The van der Waals surface area contributed by atoms with Crippen molar-refractivity contribution in [1.29, 1.82) is 0 Å². The fourth-order valence-corrected chi connectivity index (χ4v) is 4.19. The number of nitrogens with zero attached hydrogens (tertiary/aromatic N) is 2. The zero-order valence-corrected chi connectivity index (χ0v) is 19.4. The van der Waals surface area contributed by atoms with Crippen LogP contribution in [0.2, 0.25) is 0 Å². The highest BCUT2D eigenvalue weighted by molar-refractivity contribution is 6.04. The van der Waals surface area contributed by atoms with Crippen molar-refractivity contribution in [3.63, 3.8) is 0 Å². The molecule has 4 rings (SSSR count). The van der Waals surface area contributed by atoms with Crippen LogP contribution in [0.5, 0.6) is 0 Å². The molecule has 2 aliphatic rings. The van der Waals surface area contributed by atoms with Crippen LogP contribution in [0.15, 0.2) is 47.5 Å². The Labute approximate surface area is 207 Å². The predicted molar refractivity (Wildman–Crippen MR) is 117 cm³/mol. The van der Waals surface area contributed by atoms with E-state index in [-0.39, 0.29) is 37.2 Å². The number of ether oxygens (including phenoxy) is 2. The third kappa shape index (κ3) is 6.46. The fraction of sp³-hybridized carbons (Fsp3) is 0.417. The molecule has 2 aromatic carbocycles. The summed E-state index contributed by atoms with van der Waals surface area (Å²) in [6, 6.07) is 5.90. The number of hydrogen-bond acceptors (Lipinski definition) is 5. The monoisotopic (exact) mass is 533 g/mol. The largest absolute Gasteiger partial charge is 0.416 e. The Balaban J connectivity index is 1.64. The number of amidine groups is 1. The molecule has 6 nitrogen and oxygen atoms in total. The summed E-state index contributed by atoms with van der Waals surface area (Å²) in [6.45, 7) is 1.91. The van der Waals surface area contributed by atoms with E-state index in [2.05, 4.69) is 10.3 Å². The van der Waals surface area contributed by atoms with Gasteiger partial charge in [0.05, 0.1) is 36.4 Å². The molecule has 2 aromatic rings. The van der Waals surface area contributed by atoms with Crippen LogP contribution in [0.4, 0.5) is 30.7 Å². The second kappa shape index (κ2) is 10.4. The lowest BCUT2D eigenvalue weighted by molar-refractivity contribution is -0.227. The molecular formula is C24H22F7N3O3. The second-order valence-electron chi connectivity index (χ2n) is 8.63. The molecule has 0 saturated carbocycles. The molecule has 1 fully saturated rings. The van der Waals surface area contributed by atoms with E-state index >= 15 is 0 Å². The molecule has 0 unspecified atom stereocenters. The van der Waals surface area contributed by atoms with E-state index in [4.69, 9.17) is 9.47 Å². The van der Waals surface area contributed by atoms with Gasteiger partial charge in [-0.2, -0.15) is 26.3 Å². The van der Waals surface area contributed by atoms with E-state index in [1.54, 1.807) is 0 Å². The van der Waals surface area contributed by atoms with Gasteiger partial charge in [-0.1, -0.05) is 12.1 Å². The lowest BCUT2D eigenvalue weighted by Crippen LogP contribution is -2.49. The van der Waals surface area contributed by atoms with Crippen molar-refractivity contribution in [3.05, 3.63) is 70.5 Å². The Morgan fingerprint density at radius 2 is 1.70 bits per heavy atom. The molecule has 0 aromatic heterocycles. The van der Waals surface area contributed by atoms with Gasteiger partial charge in [0.25, 0.3) is 0 Å². The predicted octanol–water partition coefficient (Wildman–Crippen LogP) is 4.87. The summed E-state index contributed by atoms with van der Waals surface area (Å²) < 4.78 is 105. The summed E-state index contributed by atoms with van der Waals surface area (Å²) in [4.78, 5) is 17.5. The molecular weight excluding hydrogens is 511 g/mol. The molecule has 0 radical (unpaired) electrons. The number of hydrogen-bond donors (Lipinski definition) is 1. The summed E-state index contributed by atoms with van der Waals surface area (Å²) >= 11 is 0. The van der Waals surface area contributed by atoms with E-state index in [1.165, 1.54) is 31.2 Å². The first-order chi connectivity index (χ1) is 17.3. The van der Waals surface area contributed by atoms with E-state index in [9.17, 15) is 35.5 Å². The molecule has 200 valence electrons. The number of benzene rings is 2. The van der Waals surface area contributed by atoms with Crippen molar-refractivity contribution >= 4 is 11.7 Å². The molecule has 3 atom stereocenters. The number of carbonyl (C=O) groups is 1. The number of morpholine rings is 1. The van der Waals surface area contributed by atoms with Gasteiger partial charge in [0.2, 0.25) is 5.91 Å². The van der Waals surface area contributed by atoms with Crippen LogP contribution in [0.25, 0.3) is 0 Å². The van der Waals surface area contributed by atoms with Gasteiger partial charge in [-0.05, 0) is 48.4 Å². The van der Waals surface area contributed by atoms with E-state index in [1.807, 2.05) is 4.90 Å². The molecule has 1 saturated heterocycles. The van der Waals surface area contributed by atoms with Gasteiger partial charge in [-0.3, -0.25) is 14.7 Å². The zero-order valence-electron chi connectivity index (χ0n) is 19.4. The lowest BCUT2D eigenvalue weighted by atomic mass is 10.0. The smallest absolute Gasteiger partial charge is 0.349 e. The average Bonchev–Trinajstić information content (AvgIpc) is 3.23. The number of nitrogens with one attached hydrogen (secondary N) is 1. The van der Waals surface area contributed by atoms with E-state index in [0.29, 0.717) is 30.1 Å². The number of aliphatic imine (C=N–C) groups is 1. The van der Waals surface area contributed by atoms with E-state index < -0.39 is 47.7 Å². The van der Waals surface area contributed by atoms with Crippen LogP contribution < -0.4 is 5.32 Å². The van der Waals surface area contributed by atoms with Crippen molar-refractivity contribution in [2.24, 2.45) is 4.99 Å². The second-order valence-corrected chi connectivity index (χ2v) is 8.63. The number of alkyl halides is 6. The first-order valence-corrected chi connectivity index (χ1v) is 11.2. The highest BCUT2D eigenvalue weighted by Crippen LogP contribution is 2.39. The third-order valence-corrected chi connectivity index (χ3v) is 5.99. The van der Waals surface area contributed by atoms with Crippen molar-refractivity contribution in [2.75, 3.05) is 26.2 Å². The Hall–Kier alpha value is -3.03. The van der Waals surface area contributed by atoms with Crippen LogP contribution in [-0.4, -0.2) is 49.2 Å². The number of carbonyl (C=O) groups excluding carboxylic acids is 1. The summed E-state index contributed by atoms with van der Waals surface area (Å²) in [5.74, 6) is -0.402. The quantitative estimate of drug-likeness (QED) is 0.539. The van der Waals surface area contributed by atoms with Crippen LogP contribution in [0.1, 0.15) is 41.3 Å². The Morgan fingerprint density at radius 3 is 2.24 bits per heavy atom. The summed E-state index contributed by atoms with van der Waals surface area (Å²) in [7, 11) is 0. The zero-order chi connectivity index (χ0) is 27.0. The lowest BCUT2D eigenvalue weighted by Gasteiger charge is -2.42. The van der Waals surface area contributed by atoms with Gasteiger partial charge in [0.1, 0.15) is 18.2 Å². The fourth-order valence-electron chi connectivity index (χ4n) is 4.19. The highest BCUT2D eigenvalue weighted by Gasteiger charge is 2.39. The van der Waals surface area contributed by atoms with Crippen molar-refractivity contribution < 1.29 is 45.0 Å². The summed E-state index contributed by atoms with van der Waals surface area (Å²) in [6.07, 6.45) is -12.4. The van der Waals surface area contributed by atoms with Crippen LogP contribution in [-0.2, 0) is 26.6 Å². The third-order valence-electron chi connectivity index (χ3n) is 5.99. The summed E-state index contributed by atoms with van der Waals surface area (Å²) in [5.41, 5.74) is -2.72. The van der Waals surface area contributed by atoms with Crippen LogP contribution in [0, 0.1) is 5.82 Å². The van der Waals surface area contributed by atoms with Gasteiger partial charge < -0.3 is 14.8 Å². The highest BCUT2D eigenvalue weighted by atomic mass is 19.4. The number of rotatable bonds is 6. The first-order valence-electron chi connectivity index (χ1n) is 11.2. The normalized spacial score (nSPS) is 22.1. The molecule has 0 bridgehead atoms. The number of amides is 1. The van der Waals surface area contributed by atoms with E-state index in [0.717, 1.165) is 0 Å². The Bertz CT molecular complexity index is 1130. The SMILES string of the molecule is C[C@@H](O[C@H]1OCCN(CC2=NCC(=O)N2)[C@H]1c1ccc(F)cc1)c1cc(C(F)(F)F)cc(C(F)(F)F)c1. The minimum Gasteiger partial charge on any atom is -0.349 e. The number of halogens is 7. The van der Waals surface area contributed by atoms with Gasteiger partial charge in [-0.25, -0.2) is 4.39 Å². The van der Waals surface area contributed by atoms with Crippen molar-refractivity contribution in [1.82, 2.24) is 10.2 Å². The Morgan fingerprint density at radius 1 is 1.08 bits per heavy atom. The molecule has 0 spiro atoms. The van der Waals surface area contributed by atoms with Crippen LogP contribution >= 0.6 is 0 Å². The minimum absolute atomic E-state index is 0.0328. The van der Waals surface area contributed by atoms with Gasteiger partial charge in [-0.15, -0.1) is 0 Å². The van der Waals surface area contributed by atoms with Gasteiger partial charge in [0, 0.05) is 6.54 Å². The maximum absolute atomic E-state index is 13.6. The molecule has 13 heteroatoms. The molecule has 1 N–H and O–H groups in total. The van der Waals surface area contributed by atoms with Gasteiger partial charge in [0.15, 0.2) is 6.29 Å². The maximum atomic E-state index is 13.6. The average molecular weight is 533 g/mol. The topological polar surface area (TPSA) is 63.2 Å². The van der Waals surface area contributed by atoms with Crippen molar-refractivity contribution in [3.8, 4) is 0 Å². The van der Waals surface area contributed by atoms with Gasteiger partial charge >= 0.3 is 12.4 Å².